The van der Waals surface area contributed by atoms with E-state index < -0.39 is 23.9 Å². The first kappa shape index (κ1) is 26.1. The van der Waals surface area contributed by atoms with Crippen LogP contribution in [-0.2, 0) is 26.9 Å². The van der Waals surface area contributed by atoms with E-state index in [1.165, 1.54) is 24.1 Å². The molecule has 0 radical (unpaired) electrons. The Balaban J connectivity index is 1.57. The zero-order valence-electron chi connectivity index (χ0n) is 20.0. The predicted molar refractivity (Wildman–Crippen MR) is 130 cm³/mol. The van der Waals surface area contributed by atoms with E-state index in [1.807, 2.05) is 0 Å². The van der Waals surface area contributed by atoms with E-state index in [-0.39, 0.29) is 24.5 Å². The van der Waals surface area contributed by atoms with Crippen LogP contribution >= 0.6 is 0 Å². The number of alkyl halides is 3. The molecule has 0 fully saturated rings. The Morgan fingerprint density at radius 1 is 1.00 bits per heavy atom. The number of hydrogen-bond acceptors (Lipinski definition) is 5. The van der Waals surface area contributed by atoms with Gasteiger partial charge < -0.3 is 15.4 Å². The van der Waals surface area contributed by atoms with Gasteiger partial charge in [-0.05, 0) is 46.9 Å². The van der Waals surface area contributed by atoms with Gasteiger partial charge in [0.25, 0.3) is 0 Å². The summed E-state index contributed by atoms with van der Waals surface area (Å²) in [5, 5.41) is 0. The number of nitrogens with two attached hydrogens (primary N) is 1. The summed E-state index contributed by atoms with van der Waals surface area (Å²) < 4.78 is 43.5. The lowest BCUT2D eigenvalue weighted by molar-refractivity contribution is -0.144. The first-order valence-corrected chi connectivity index (χ1v) is 11.7. The zero-order chi connectivity index (χ0) is 26.7. The van der Waals surface area contributed by atoms with E-state index >= 15 is 0 Å². The van der Waals surface area contributed by atoms with Crippen molar-refractivity contribution in [3.63, 3.8) is 0 Å². The van der Waals surface area contributed by atoms with E-state index in [9.17, 15) is 27.6 Å². The molecule has 37 heavy (non-hydrogen) atoms. The largest absolute Gasteiger partial charge is 0.469 e. The van der Waals surface area contributed by atoms with Gasteiger partial charge in [-0.15, -0.1) is 0 Å². The monoisotopic (exact) mass is 510 g/mol. The molecule has 4 rings (SSSR count). The fourth-order valence-corrected chi connectivity index (χ4v) is 4.46. The average Bonchev–Trinajstić information content (AvgIpc) is 2.90. The summed E-state index contributed by atoms with van der Waals surface area (Å²) in [4.78, 5) is 38.9. The number of carbonyl (C=O) groups is 3. The topological polar surface area (TPSA) is 89.7 Å². The highest BCUT2D eigenvalue weighted by molar-refractivity contribution is 6.13. The van der Waals surface area contributed by atoms with Gasteiger partial charge in [0.15, 0.2) is 5.78 Å². The minimum Gasteiger partial charge on any atom is -0.469 e. The van der Waals surface area contributed by atoms with Crippen LogP contribution in [0.25, 0.3) is 11.1 Å². The molecule has 9 heteroatoms. The van der Waals surface area contributed by atoms with Gasteiger partial charge in [-0.1, -0.05) is 48.5 Å². The molecule has 3 aromatic rings. The number of rotatable bonds is 6. The molecule has 0 aromatic heterocycles. The SMILES string of the molecule is COC(=O)CCC(=O)N1CCc2cc(C(=O)c3ccccc3-c3ccc(C(F)(F)F)cc3)ccc2C1N. The third-order valence-corrected chi connectivity index (χ3v) is 6.47. The van der Waals surface area contributed by atoms with E-state index in [0.717, 1.165) is 17.7 Å². The van der Waals surface area contributed by atoms with Crippen molar-refractivity contribution in [2.45, 2.75) is 31.6 Å². The third kappa shape index (κ3) is 5.56. The van der Waals surface area contributed by atoms with E-state index in [0.29, 0.717) is 40.8 Å². The van der Waals surface area contributed by atoms with Crippen LogP contribution in [0.5, 0.6) is 0 Å². The lowest BCUT2D eigenvalue weighted by Gasteiger charge is -2.35. The van der Waals surface area contributed by atoms with E-state index in [2.05, 4.69) is 4.74 Å². The van der Waals surface area contributed by atoms with Gasteiger partial charge in [0, 0.05) is 24.1 Å². The average molecular weight is 511 g/mol. The van der Waals surface area contributed by atoms with Gasteiger partial charge in [-0.25, -0.2) is 0 Å². The van der Waals surface area contributed by atoms with Gasteiger partial charge in [-0.3, -0.25) is 14.4 Å². The molecule has 1 heterocycles. The molecule has 0 saturated carbocycles. The van der Waals surface area contributed by atoms with Crippen molar-refractivity contribution in [3.05, 3.63) is 94.5 Å². The third-order valence-electron chi connectivity index (χ3n) is 6.47. The van der Waals surface area contributed by atoms with Gasteiger partial charge in [0.05, 0.1) is 19.1 Å². The highest BCUT2D eigenvalue weighted by Gasteiger charge is 2.31. The molecule has 192 valence electrons. The first-order chi connectivity index (χ1) is 17.6. The molecule has 1 unspecified atom stereocenters. The Labute approximate surface area is 211 Å². The molecule has 3 aromatic carbocycles. The number of esters is 1. The molecule has 1 aliphatic rings. The number of halogens is 3. The number of ketones is 1. The Bertz CT molecular complexity index is 1340. The van der Waals surface area contributed by atoms with Crippen molar-refractivity contribution in [2.75, 3.05) is 13.7 Å². The number of methoxy groups -OCH3 is 1. The van der Waals surface area contributed by atoms with E-state index in [4.69, 9.17) is 5.73 Å². The van der Waals surface area contributed by atoms with Crippen LogP contribution in [0.1, 0.15) is 51.6 Å². The first-order valence-electron chi connectivity index (χ1n) is 11.7. The molecule has 6 nitrogen and oxygen atoms in total. The standard InChI is InChI=1S/C28H25F3N2O4/c1-37-25(35)13-12-24(34)33-15-14-18-16-19(8-11-22(18)27(33)32)26(36)23-5-3-2-4-21(23)17-6-9-20(10-7-17)28(29,30)31/h2-11,16,27H,12-15,32H2,1H3. The molecular weight excluding hydrogens is 485 g/mol. The van der Waals surface area contributed by atoms with E-state index in [1.54, 1.807) is 42.5 Å². The van der Waals surface area contributed by atoms with Crippen LogP contribution in [-0.4, -0.2) is 36.2 Å². The maximum atomic E-state index is 13.5. The lowest BCUT2D eigenvalue weighted by Crippen LogP contribution is -2.44. The normalized spacial score (nSPS) is 15.2. The smallest absolute Gasteiger partial charge is 0.416 e. The Hall–Kier alpha value is -3.98. The molecule has 1 aliphatic heterocycles. The molecule has 1 amide bonds. The summed E-state index contributed by atoms with van der Waals surface area (Å²) in [7, 11) is 1.26. The summed E-state index contributed by atoms with van der Waals surface area (Å²) in [6.45, 7) is 0.341. The van der Waals surface area contributed by atoms with Crippen LogP contribution in [0.3, 0.4) is 0 Å². The van der Waals surface area contributed by atoms with Crippen molar-refractivity contribution in [1.29, 1.82) is 0 Å². The summed E-state index contributed by atoms with van der Waals surface area (Å²) in [5.74, 6) is -1.00. The van der Waals surface area contributed by atoms with Crippen LogP contribution in [0.4, 0.5) is 13.2 Å². The Morgan fingerprint density at radius 2 is 1.70 bits per heavy atom. The van der Waals surface area contributed by atoms with Gasteiger partial charge >= 0.3 is 12.1 Å². The van der Waals surface area contributed by atoms with Crippen molar-refractivity contribution >= 4 is 17.7 Å². The van der Waals surface area contributed by atoms with Crippen molar-refractivity contribution in [2.24, 2.45) is 5.73 Å². The summed E-state index contributed by atoms with van der Waals surface area (Å²) in [6, 6.07) is 16.6. The number of amides is 1. The molecule has 2 N–H and O–H groups in total. The van der Waals surface area contributed by atoms with Crippen molar-refractivity contribution < 1.29 is 32.3 Å². The minimum atomic E-state index is -4.45. The fraction of sp³-hybridized carbons (Fsp3) is 0.250. The van der Waals surface area contributed by atoms with Crippen LogP contribution in [0, 0.1) is 0 Å². The molecule has 0 bridgehead atoms. The van der Waals surface area contributed by atoms with Crippen LogP contribution in [0.2, 0.25) is 0 Å². The molecule has 1 atom stereocenters. The van der Waals surface area contributed by atoms with Gasteiger partial charge in [0.1, 0.15) is 6.17 Å². The minimum absolute atomic E-state index is 0.00693. The fourth-order valence-electron chi connectivity index (χ4n) is 4.46. The number of hydrogen-bond donors (Lipinski definition) is 1. The molecule has 0 spiro atoms. The van der Waals surface area contributed by atoms with Crippen molar-refractivity contribution in [3.8, 4) is 11.1 Å². The van der Waals surface area contributed by atoms with Gasteiger partial charge in [0.2, 0.25) is 5.91 Å². The Morgan fingerprint density at radius 3 is 2.38 bits per heavy atom. The number of carbonyl (C=O) groups excluding carboxylic acids is 3. The summed E-state index contributed by atoms with van der Waals surface area (Å²) in [6.07, 6.45) is -4.71. The highest BCUT2D eigenvalue weighted by Crippen LogP contribution is 2.33. The second kappa shape index (κ2) is 10.6. The summed E-state index contributed by atoms with van der Waals surface area (Å²) >= 11 is 0. The molecular formula is C28H25F3N2O4. The van der Waals surface area contributed by atoms with Gasteiger partial charge in [-0.2, -0.15) is 13.2 Å². The summed E-state index contributed by atoms with van der Waals surface area (Å²) in [5.41, 5.74) is 8.92. The highest BCUT2D eigenvalue weighted by atomic mass is 19.4. The molecule has 0 aliphatic carbocycles. The maximum Gasteiger partial charge on any atom is 0.416 e. The zero-order valence-corrected chi connectivity index (χ0v) is 20.0. The number of fused-ring (bicyclic) bond motifs is 1. The van der Waals surface area contributed by atoms with Crippen LogP contribution in [0.15, 0.2) is 66.7 Å². The predicted octanol–water partition coefficient (Wildman–Crippen LogP) is 4.90. The number of nitrogens with zero attached hydrogens (tertiary/aromatic N) is 1. The quantitative estimate of drug-likeness (QED) is 0.377. The lowest BCUT2D eigenvalue weighted by atomic mass is 9.90. The second-order valence-corrected chi connectivity index (χ2v) is 8.72. The number of benzene rings is 3. The Kier molecular flexibility index (Phi) is 7.45. The maximum absolute atomic E-state index is 13.5. The van der Waals surface area contributed by atoms with Crippen molar-refractivity contribution in [1.82, 2.24) is 4.90 Å². The van der Waals surface area contributed by atoms with Crippen LogP contribution < -0.4 is 5.73 Å². The second-order valence-electron chi connectivity index (χ2n) is 8.72. The number of ether oxygens (including phenoxy) is 1. The molecule has 0 saturated heterocycles.